The lowest BCUT2D eigenvalue weighted by molar-refractivity contribution is -0.140. The summed E-state index contributed by atoms with van der Waals surface area (Å²) in [5.41, 5.74) is 3.08. The van der Waals surface area contributed by atoms with Gasteiger partial charge in [0.05, 0.1) is 25.1 Å². The maximum atomic E-state index is 13.9. The predicted molar refractivity (Wildman–Crippen MR) is 140 cm³/mol. The summed E-state index contributed by atoms with van der Waals surface area (Å²) in [5, 5.41) is 4.39. The molecule has 1 aromatic heterocycles. The Morgan fingerprint density at radius 1 is 0.947 bits per heavy atom. The molecular weight excluding hydrogens is 491 g/mol. The highest BCUT2D eigenvalue weighted by molar-refractivity contribution is 5.89. The fourth-order valence-electron chi connectivity index (χ4n) is 4.40. The monoisotopic (exact) mass is 522 g/mol. The third-order valence-corrected chi connectivity index (χ3v) is 6.41. The number of carbonyl (C=O) groups is 3. The van der Waals surface area contributed by atoms with Crippen molar-refractivity contribution in [3.05, 3.63) is 66.1 Å². The fourth-order valence-corrected chi connectivity index (χ4v) is 4.40. The number of anilines is 1. The molecule has 1 amide bonds. The van der Waals surface area contributed by atoms with E-state index >= 15 is 0 Å². The molecule has 0 unspecified atom stereocenters. The smallest absolute Gasteiger partial charge is 0.358 e. The van der Waals surface area contributed by atoms with Crippen molar-refractivity contribution >= 4 is 23.5 Å². The van der Waals surface area contributed by atoms with Crippen molar-refractivity contribution in [3.8, 4) is 16.9 Å². The number of aromatic nitrogens is 2. The Morgan fingerprint density at radius 3 is 2.34 bits per heavy atom. The molecule has 3 aromatic rings. The number of hydrogen-bond donors (Lipinski definition) is 0. The van der Waals surface area contributed by atoms with Crippen LogP contribution in [-0.4, -0.2) is 72.4 Å². The Labute approximate surface area is 220 Å². The van der Waals surface area contributed by atoms with E-state index in [1.54, 1.807) is 25.1 Å². The van der Waals surface area contributed by atoms with Gasteiger partial charge < -0.3 is 19.3 Å². The van der Waals surface area contributed by atoms with Crippen molar-refractivity contribution in [1.29, 1.82) is 0 Å². The average molecular weight is 523 g/mol. The largest absolute Gasteiger partial charge is 0.469 e. The Morgan fingerprint density at radius 2 is 1.68 bits per heavy atom. The van der Waals surface area contributed by atoms with Crippen molar-refractivity contribution in [2.24, 2.45) is 0 Å². The second-order valence-electron chi connectivity index (χ2n) is 8.87. The molecule has 1 aliphatic rings. The zero-order valence-corrected chi connectivity index (χ0v) is 21.6. The summed E-state index contributed by atoms with van der Waals surface area (Å²) in [4.78, 5) is 40.1. The van der Waals surface area contributed by atoms with E-state index in [0.717, 1.165) is 11.3 Å². The first kappa shape index (κ1) is 26.8. The van der Waals surface area contributed by atoms with E-state index in [4.69, 9.17) is 4.74 Å². The first-order chi connectivity index (χ1) is 18.4. The van der Waals surface area contributed by atoms with Crippen molar-refractivity contribution in [1.82, 2.24) is 14.7 Å². The molecule has 10 heteroatoms. The molecule has 0 saturated carbocycles. The Hall–Kier alpha value is -4.21. The minimum atomic E-state index is -0.543. The molecule has 0 spiro atoms. The minimum absolute atomic E-state index is 0.0481. The molecule has 0 N–H and O–H groups in total. The third kappa shape index (κ3) is 6.37. The van der Waals surface area contributed by atoms with Gasteiger partial charge in [-0.05, 0) is 49.7 Å². The number of piperazine rings is 1. The molecule has 200 valence electrons. The number of benzene rings is 2. The summed E-state index contributed by atoms with van der Waals surface area (Å²) in [7, 11) is 1.34. The molecule has 0 atom stereocenters. The van der Waals surface area contributed by atoms with Crippen molar-refractivity contribution in [3.63, 3.8) is 0 Å². The van der Waals surface area contributed by atoms with Crippen LogP contribution in [0, 0.1) is 5.82 Å². The van der Waals surface area contributed by atoms with E-state index in [1.165, 1.54) is 23.9 Å². The van der Waals surface area contributed by atoms with Crippen LogP contribution in [-0.2, 0) is 19.1 Å². The maximum Gasteiger partial charge on any atom is 0.358 e. The zero-order chi connectivity index (χ0) is 27.1. The summed E-state index contributed by atoms with van der Waals surface area (Å²) >= 11 is 0. The van der Waals surface area contributed by atoms with Gasteiger partial charge in [-0.15, -0.1) is 0 Å². The van der Waals surface area contributed by atoms with Crippen LogP contribution in [0.5, 0.6) is 0 Å². The quantitative estimate of drug-likeness (QED) is 0.394. The highest BCUT2D eigenvalue weighted by Crippen LogP contribution is 2.28. The first-order valence-electron chi connectivity index (χ1n) is 12.6. The number of ether oxygens (including phenoxy) is 2. The molecule has 1 saturated heterocycles. The van der Waals surface area contributed by atoms with Gasteiger partial charge in [0.25, 0.3) is 0 Å². The minimum Gasteiger partial charge on any atom is -0.469 e. The van der Waals surface area contributed by atoms with Gasteiger partial charge in [0.15, 0.2) is 5.69 Å². The van der Waals surface area contributed by atoms with E-state index < -0.39 is 11.8 Å². The topological polar surface area (TPSA) is 94.0 Å². The highest BCUT2D eigenvalue weighted by atomic mass is 19.1. The van der Waals surface area contributed by atoms with Gasteiger partial charge in [-0.3, -0.25) is 9.59 Å². The molecule has 9 nitrogen and oxygen atoms in total. The van der Waals surface area contributed by atoms with Crippen molar-refractivity contribution < 1.29 is 28.2 Å². The highest BCUT2D eigenvalue weighted by Gasteiger charge is 2.22. The van der Waals surface area contributed by atoms with Gasteiger partial charge >= 0.3 is 11.9 Å². The van der Waals surface area contributed by atoms with Crippen molar-refractivity contribution in [2.75, 3.05) is 44.8 Å². The normalized spacial score (nSPS) is 13.3. The van der Waals surface area contributed by atoms with E-state index in [9.17, 15) is 18.8 Å². The number of amides is 1. The van der Waals surface area contributed by atoms with Crippen LogP contribution in [0.2, 0.25) is 0 Å². The van der Waals surface area contributed by atoms with E-state index in [0.29, 0.717) is 50.4 Å². The lowest BCUT2D eigenvalue weighted by Gasteiger charge is -2.36. The second-order valence-corrected chi connectivity index (χ2v) is 8.87. The molecule has 0 radical (unpaired) electrons. The van der Waals surface area contributed by atoms with Crippen LogP contribution in [0.15, 0.2) is 54.6 Å². The van der Waals surface area contributed by atoms with E-state index in [1.807, 2.05) is 29.2 Å². The summed E-state index contributed by atoms with van der Waals surface area (Å²) < 4.78 is 25.2. The second kappa shape index (κ2) is 12.4. The summed E-state index contributed by atoms with van der Waals surface area (Å²) in [6.07, 6.45) is 1.06. The zero-order valence-electron chi connectivity index (χ0n) is 21.6. The molecule has 2 heterocycles. The lowest BCUT2D eigenvalue weighted by Crippen LogP contribution is -2.48. The molecule has 4 rings (SSSR count). The summed E-state index contributed by atoms with van der Waals surface area (Å²) in [5.74, 6) is -1.20. The van der Waals surface area contributed by atoms with Gasteiger partial charge in [-0.2, -0.15) is 5.10 Å². The number of esters is 2. The Bertz CT molecular complexity index is 1280. The van der Waals surface area contributed by atoms with Crippen LogP contribution < -0.4 is 4.90 Å². The van der Waals surface area contributed by atoms with Crippen molar-refractivity contribution in [2.45, 2.75) is 26.2 Å². The number of halogens is 1. The standard InChI is InChI=1S/C28H31FN4O5/c1-3-38-28(36)24-19-25(33(30-24)23-7-4-6-21(29)18-23)20-10-12-22(13-11-20)31-14-16-32(17-15-31)26(34)8-5-9-27(35)37-2/h4,6-7,10-13,18-19H,3,5,8-9,14-17H2,1-2H3. The van der Waals surface area contributed by atoms with Crippen LogP contribution in [0.1, 0.15) is 36.7 Å². The van der Waals surface area contributed by atoms with Gasteiger partial charge in [0.2, 0.25) is 5.91 Å². The Kier molecular flexibility index (Phi) is 8.73. The fraction of sp³-hybridized carbons (Fsp3) is 0.357. The van der Waals surface area contributed by atoms with Crippen LogP contribution in [0.3, 0.4) is 0 Å². The first-order valence-corrected chi connectivity index (χ1v) is 12.6. The number of rotatable bonds is 9. The molecule has 38 heavy (non-hydrogen) atoms. The Balaban J connectivity index is 1.45. The predicted octanol–water partition coefficient (Wildman–Crippen LogP) is 3.85. The third-order valence-electron chi connectivity index (χ3n) is 6.41. The maximum absolute atomic E-state index is 13.9. The lowest BCUT2D eigenvalue weighted by atomic mass is 10.1. The molecule has 0 aliphatic carbocycles. The SMILES string of the molecule is CCOC(=O)c1cc(-c2ccc(N3CCN(C(=O)CCCC(=O)OC)CC3)cc2)n(-c2cccc(F)c2)n1. The molecule has 0 bridgehead atoms. The average Bonchev–Trinajstić information content (AvgIpc) is 3.39. The van der Waals surface area contributed by atoms with Gasteiger partial charge in [-0.25, -0.2) is 13.9 Å². The van der Waals surface area contributed by atoms with Gasteiger partial charge in [0, 0.05) is 50.3 Å². The van der Waals surface area contributed by atoms with Crippen LogP contribution in [0.4, 0.5) is 10.1 Å². The summed E-state index contributed by atoms with van der Waals surface area (Å²) in [6, 6.07) is 15.5. The number of carbonyl (C=O) groups excluding carboxylic acids is 3. The molecule has 1 aliphatic heterocycles. The van der Waals surface area contributed by atoms with E-state index in [2.05, 4.69) is 14.7 Å². The molecule has 2 aromatic carbocycles. The van der Waals surface area contributed by atoms with Gasteiger partial charge in [0.1, 0.15) is 5.82 Å². The van der Waals surface area contributed by atoms with E-state index in [-0.39, 0.29) is 30.6 Å². The number of hydrogen-bond acceptors (Lipinski definition) is 7. The summed E-state index contributed by atoms with van der Waals surface area (Å²) in [6.45, 7) is 4.54. The number of nitrogens with zero attached hydrogens (tertiary/aromatic N) is 4. The molecular formula is C28H31FN4O5. The van der Waals surface area contributed by atoms with Crippen LogP contribution in [0.25, 0.3) is 16.9 Å². The molecule has 1 fully saturated rings. The number of methoxy groups -OCH3 is 1. The van der Waals surface area contributed by atoms with Crippen LogP contribution >= 0.6 is 0 Å². The van der Waals surface area contributed by atoms with Gasteiger partial charge in [-0.1, -0.05) is 18.2 Å².